The molecular formula is C14H27NOS. The van der Waals surface area contributed by atoms with E-state index in [1.54, 1.807) is 0 Å². The van der Waals surface area contributed by atoms with Gasteiger partial charge in [-0.3, -0.25) is 0 Å². The van der Waals surface area contributed by atoms with Crippen LogP contribution in [-0.4, -0.2) is 35.8 Å². The number of nitrogens with one attached hydrogen (secondary N) is 1. The van der Waals surface area contributed by atoms with E-state index in [-0.39, 0.29) is 5.60 Å². The zero-order chi connectivity index (χ0) is 12.5. The normalized spacial score (nSPS) is 36.7. The predicted molar refractivity (Wildman–Crippen MR) is 75.7 cm³/mol. The number of hydrogen-bond acceptors (Lipinski definition) is 3. The van der Waals surface area contributed by atoms with Crippen molar-refractivity contribution in [3.05, 3.63) is 0 Å². The highest BCUT2D eigenvalue weighted by molar-refractivity contribution is 7.99. The second-order valence-corrected chi connectivity index (χ2v) is 8.08. The van der Waals surface area contributed by atoms with E-state index in [2.05, 4.69) is 44.8 Å². The van der Waals surface area contributed by atoms with Gasteiger partial charge in [-0.05, 0) is 44.3 Å². The van der Waals surface area contributed by atoms with Gasteiger partial charge in [-0.2, -0.15) is 11.8 Å². The molecule has 2 aliphatic rings. The van der Waals surface area contributed by atoms with Gasteiger partial charge < -0.3 is 10.1 Å². The molecule has 100 valence electrons. The Labute approximate surface area is 110 Å². The predicted octanol–water partition coefficient (Wildman–Crippen LogP) is 3.07. The SMILES string of the molecule is CC1(C)CSCC(NC2CCOC(C)(C)C2)C1. The van der Waals surface area contributed by atoms with Crippen LogP contribution in [0.15, 0.2) is 0 Å². The monoisotopic (exact) mass is 257 g/mol. The highest BCUT2D eigenvalue weighted by Crippen LogP contribution is 2.34. The average molecular weight is 257 g/mol. The fourth-order valence-corrected chi connectivity index (χ4v) is 4.36. The van der Waals surface area contributed by atoms with Gasteiger partial charge in [0.1, 0.15) is 0 Å². The Balaban J connectivity index is 1.84. The molecule has 2 heterocycles. The maximum Gasteiger partial charge on any atom is 0.0641 e. The minimum atomic E-state index is 0.0627. The van der Waals surface area contributed by atoms with Crippen molar-refractivity contribution in [1.29, 1.82) is 0 Å². The van der Waals surface area contributed by atoms with Crippen molar-refractivity contribution in [2.45, 2.75) is 64.6 Å². The molecule has 0 aromatic carbocycles. The topological polar surface area (TPSA) is 21.3 Å². The first-order valence-electron chi connectivity index (χ1n) is 6.84. The van der Waals surface area contributed by atoms with Crippen LogP contribution in [0, 0.1) is 5.41 Å². The molecule has 0 aliphatic carbocycles. The summed E-state index contributed by atoms with van der Waals surface area (Å²) in [6.45, 7) is 10.1. The third kappa shape index (κ3) is 4.15. The summed E-state index contributed by atoms with van der Waals surface area (Å²) in [5, 5.41) is 3.87. The van der Waals surface area contributed by atoms with Gasteiger partial charge in [-0.25, -0.2) is 0 Å². The lowest BCUT2D eigenvalue weighted by molar-refractivity contribution is -0.0643. The second kappa shape index (κ2) is 5.10. The molecule has 0 radical (unpaired) electrons. The minimum absolute atomic E-state index is 0.0627. The van der Waals surface area contributed by atoms with E-state index in [4.69, 9.17) is 4.74 Å². The molecule has 17 heavy (non-hydrogen) atoms. The standard InChI is InChI=1S/C14H27NOS/c1-13(2)7-12(9-17-10-13)15-11-5-6-16-14(3,4)8-11/h11-12,15H,5-10H2,1-4H3. The third-order valence-corrected chi connectivity index (χ3v) is 5.40. The molecule has 2 aliphatic heterocycles. The number of rotatable bonds is 2. The Morgan fingerprint density at radius 1 is 1.12 bits per heavy atom. The smallest absolute Gasteiger partial charge is 0.0641 e. The van der Waals surface area contributed by atoms with Gasteiger partial charge in [0, 0.05) is 24.4 Å². The Morgan fingerprint density at radius 3 is 2.53 bits per heavy atom. The molecule has 1 N–H and O–H groups in total. The van der Waals surface area contributed by atoms with Crippen LogP contribution < -0.4 is 5.32 Å². The first-order chi connectivity index (χ1) is 7.86. The molecular weight excluding hydrogens is 230 g/mol. The molecule has 0 bridgehead atoms. The summed E-state index contributed by atoms with van der Waals surface area (Å²) in [7, 11) is 0. The number of ether oxygens (including phenoxy) is 1. The van der Waals surface area contributed by atoms with E-state index in [1.165, 1.54) is 24.3 Å². The van der Waals surface area contributed by atoms with Gasteiger partial charge in [0.15, 0.2) is 0 Å². The number of thioether (sulfide) groups is 1. The molecule has 0 spiro atoms. The zero-order valence-electron chi connectivity index (χ0n) is 11.7. The quantitative estimate of drug-likeness (QED) is 0.821. The van der Waals surface area contributed by atoms with Crippen molar-refractivity contribution in [1.82, 2.24) is 5.32 Å². The molecule has 2 atom stereocenters. The average Bonchev–Trinajstić information content (AvgIpc) is 2.13. The lowest BCUT2D eigenvalue weighted by Crippen LogP contribution is -2.50. The van der Waals surface area contributed by atoms with E-state index < -0.39 is 0 Å². The van der Waals surface area contributed by atoms with Crippen LogP contribution in [0.5, 0.6) is 0 Å². The highest BCUT2D eigenvalue weighted by atomic mass is 32.2. The van der Waals surface area contributed by atoms with Gasteiger partial charge in [0.05, 0.1) is 5.60 Å². The van der Waals surface area contributed by atoms with E-state index in [9.17, 15) is 0 Å². The van der Waals surface area contributed by atoms with E-state index in [1.807, 2.05) is 0 Å². The highest BCUT2D eigenvalue weighted by Gasteiger charge is 2.33. The van der Waals surface area contributed by atoms with Gasteiger partial charge in [0.2, 0.25) is 0 Å². The molecule has 2 unspecified atom stereocenters. The van der Waals surface area contributed by atoms with E-state index >= 15 is 0 Å². The summed E-state index contributed by atoms with van der Waals surface area (Å²) < 4.78 is 5.78. The molecule has 2 rings (SSSR count). The largest absolute Gasteiger partial charge is 0.375 e. The van der Waals surface area contributed by atoms with Crippen LogP contribution in [0.2, 0.25) is 0 Å². The van der Waals surface area contributed by atoms with Crippen molar-refractivity contribution < 1.29 is 4.74 Å². The van der Waals surface area contributed by atoms with Crippen molar-refractivity contribution >= 4 is 11.8 Å². The van der Waals surface area contributed by atoms with E-state index in [0.29, 0.717) is 17.5 Å². The van der Waals surface area contributed by atoms with Crippen molar-refractivity contribution in [3.8, 4) is 0 Å². The summed E-state index contributed by atoms with van der Waals surface area (Å²) in [5.74, 6) is 2.59. The van der Waals surface area contributed by atoms with Gasteiger partial charge >= 0.3 is 0 Å². The maximum atomic E-state index is 5.78. The van der Waals surface area contributed by atoms with Crippen molar-refractivity contribution in [2.24, 2.45) is 5.41 Å². The van der Waals surface area contributed by atoms with Crippen LogP contribution in [-0.2, 0) is 4.74 Å². The van der Waals surface area contributed by atoms with Crippen molar-refractivity contribution in [2.75, 3.05) is 18.1 Å². The lowest BCUT2D eigenvalue weighted by atomic mass is 9.86. The van der Waals surface area contributed by atoms with Crippen molar-refractivity contribution in [3.63, 3.8) is 0 Å². The molecule has 0 aromatic rings. The Morgan fingerprint density at radius 2 is 1.88 bits per heavy atom. The van der Waals surface area contributed by atoms with Gasteiger partial charge in [0.25, 0.3) is 0 Å². The molecule has 2 fully saturated rings. The molecule has 0 aromatic heterocycles. The Kier molecular flexibility index (Phi) is 4.11. The van der Waals surface area contributed by atoms with Gasteiger partial charge in [-0.15, -0.1) is 0 Å². The van der Waals surface area contributed by atoms with Crippen LogP contribution in [0.25, 0.3) is 0 Å². The second-order valence-electron chi connectivity index (χ2n) is 7.04. The van der Waals surface area contributed by atoms with Crippen LogP contribution in [0.4, 0.5) is 0 Å². The summed E-state index contributed by atoms with van der Waals surface area (Å²) in [4.78, 5) is 0. The zero-order valence-corrected chi connectivity index (χ0v) is 12.5. The van der Waals surface area contributed by atoms with E-state index in [0.717, 1.165) is 13.0 Å². The molecule has 3 heteroatoms. The Hall–Kier alpha value is 0.270. The summed E-state index contributed by atoms with van der Waals surface area (Å²) >= 11 is 2.10. The summed E-state index contributed by atoms with van der Waals surface area (Å²) in [6, 6.07) is 1.35. The lowest BCUT2D eigenvalue weighted by Gasteiger charge is -2.41. The minimum Gasteiger partial charge on any atom is -0.375 e. The maximum absolute atomic E-state index is 5.78. The Bertz CT molecular complexity index is 239. The first kappa shape index (κ1) is 13.7. The third-order valence-electron chi connectivity index (χ3n) is 3.78. The molecule has 0 saturated carbocycles. The fourth-order valence-electron chi connectivity index (χ4n) is 3.08. The van der Waals surface area contributed by atoms with Gasteiger partial charge in [-0.1, -0.05) is 13.8 Å². The summed E-state index contributed by atoms with van der Waals surface area (Å²) in [6.07, 6.45) is 3.64. The van der Waals surface area contributed by atoms with Crippen LogP contribution >= 0.6 is 11.8 Å². The molecule has 2 nitrogen and oxygen atoms in total. The van der Waals surface area contributed by atoms with Crippen LogP contribution in [0.3, 0.4) is 0 Å². The van der Waals surface area contributed by atoms with Crippen LogP contribution in [0.1, 0.15) is 47.0 Å². The summed E-state index contributed by atoms with van der Waals surface area (Å²) in [5.41, 5.74) is 0.564. The molecule has 2 saturated heterocycles. The first-order valence-corrected chi connectivity index (χ1v) is 8.00. The fraction of sp³-hybridized carbons (Fsp3) is 1.00. The molecule has 0 amide bonds. The number of hydrogen-bond donors (Lipinski definition) is 1.